The Bertz CT molecular complexity index is 662. The molecule has 9 heteroatoms. The molecule has 1 heterocycles. The van der Waals surface area contributed by atoms with Crippen LogP contribution in [0.4, 0.5) is 8.78 Å². The van der Waals surface area contributed by atoms with Gasteiger partial charge in [0.2, 0.25) is 0 Å². The Morgan fingerprint density at radius 2 is 2.00 bits per heavy atom. The highest BCUT2D eigenvalue weighted by Gasteiger charge is 2.26. The summed E-state index contributed by atoms with van der Waals surface area (Å²) in [5.74, 6) is 0.654. The number of methoxy groups -OCH3 is 2. The minimum atomic E-state index is -2.93. The number of nitrogens with one attached hydrogen (secondary N) is 1. The monoisotopic (exact) mass is 385 g/mol. The molecule has 0 unspecified atom stereocenters. The molecule has 0 bridgehead atoms. The molecule has 0 aromatic heterocycles. The van der Waals surface area contributed by atoms with Crippen LogP contribution in [0.15, 0.2) is 23.2 Å². The van der Waals surface area contributed by atoms with Gasteiger partial charge in [-0.1, -0.05) is 6.07 Å². The largest absolute Gasteiger partial charge is 0.493 e. The topological polar surface area (TPSA) is 72.4 Å². The normalized spacial score (nSPS) is 15.6. The summed E-state index contributed by atoms with van der Waals surface area (Å²) in [6.07, 6.45) is 1.39. The van der Waals surface area contributed by atoms with Crippen LogP contribution < -0.4 is 14.8 Å². The summed E-state index contributed by atoms with van der Waals surface area (Å²) >= 11 is 0. The number of carbonyl (C=O) groups excluding carboxylic acids is 1. The molecule has 1 saturated heterocycles. The van der Waals surface area contributed by atoms with Gasteiger partial charge in [-0.3, -0.25) is 9.79 Å². The smallest absolute Gasteiger partial charge is 0.387 e. The molecule has 7 nitrogen and oxygen atoms in total. The lowest BCUT2D eigenvalue weighted by Crippen LogP contribution is -2.46. The number of benzene rings is 1. The summed E-state index contributed by atoms with van der Waals surface area (Å²) in [5.41, 5.74) is 0.747. The van der Waals surface area contributed by atoms with Crippen molar-refractivity contribution < 1.29 is 27.8 Å². The van der Waals surface area contributed by atoms with Gasteiger partial charge < -0.3 is 24.4 Å². The van der Waals surface area contributed by atoms with E-state index in [0.717, 1.165) is 5.56 Å². The molecule has 1 aliphatic rings. The number of halogens is 2. The van der Waals surface area contributed by atoms with Crippen LogP contribution in [-0.4, -0.2) is 57.8 Å². The Kier molecular flexibility index (Phi) is 7.63. The molecule has 1 aromatic rings. The molecule has 0 aliphatic carbocycles. The number of nitrogens with zero attached hydrogens (tertiary/aromatic N) is 2. The van der Waals surface area contributed by atoms with Gasteiger partial charge in [-0.25, -0.2) is 0 Å². The van der Waals surface area contributed by atoms with Crippen LogP contribution in [0.5, 0.6) is 11.5 Å². The molecule has 0 amide bonds. The highest BCUT2D eigenvalue weighted by Crippen LogP contribution is 2.29. The molecule has 0 radical (unpaired) electrons. The molecule has 0 spiro atoms. The number of likely N-dealkylation sites (tertiary alicyclic amines) is 1. The number of alkyl halides is 2. The number of esters is 1. The summed E-state index contributed by atoms with van der Waals surface area (Å²) in [7, 11) is 4.47. The van der Waals surface area contributed by atoms with Crippen molar-refractivity contribution in [1.29, 1.82) is 0 Å². The summed E-state index contributed by atoms with van der Waals surface area (Å²) < 4.78 is 39.4. The molecular weight excluding hydrogens is 360 g/mol. The second-order valence-electron chi connectivity index (χ2n) is 6.05. The van der Waals surface area contributed by atoms with Crippen molar-refractivity contribution in [3.63, 3.8) is 0 Å². The lowest BCUT2D eigenvalue weighted by atomic mass is 9.97. The van der Waals surface area contributed by atoms with Gasteiger partial charge in [-0.2, -0.15) is 8.78 Å². The van der Waals surface area contributed by atoms with Gasteiger partial charge in [0.05, 0.1) is 20.1 Å². The third kappa shape index (κ3) is 5.70. The fourth-order valence-electron chi connectivity index (χ4n) is 3.03. The minimum Gasteiger partial charge on any atom is -0.493 e. The third-order valence-corrected chi connectivity index (χ3v) is 4.44. The number of piperidine rings is 1. The van der Waals surface area contributed by atoms with Gasteiger partial charge >= 0.3 is 12.6 Å². The predicted octanol–water partition coefficient (Wildman–Crippen LogP) is 2.26. The Balaban J connectivity index is 1.95. The van der Waals surface area contributed by atoms with Gasteiger partial charge in [0, 0.05) is 26.7 Å². The van der Waals surface area contributed by atoms with Gasteiger partial charge in [0.1, 0.15) is 0 Å². The van der Waals surface area contributed by atoms with Crippen molar-refractivity contribution in [2.24, 2.45) is 10.9 Å². The highest BCUT2D eigenvalue weighted by molar-refractivity contribution is 5.80. The molecule has 0 atom stereocenters. The molecule has 0 saturated carbocycles. The van der Waals surface area contributed by atoms with E-state index in [1.54, 1.807) is 19.2 Å². The van der Waals surface area contributed by atoms with E-state index in [1.807, 2.05) is 0 Å². The van der Waals surface area contributed by atoms with Crippen molar-refractivity contribution in [3.8, 4) is 11.5 Å². The number of rotatable bonds is 6. The Morgan fingerprint density at radius 1 is 1.30 bits per heavy atom. The number of aliphatic imine (C=N–C) groups is 1. The van der Waals surface area contributed by atoms with Crippen molar-refractivity contribution in [2.75, 3.05) is 34.4 Å². The summed E-state index contributed by atoms with van der Waals surface area (Å²) in [6.45, 7) is -1.18. The lowest BCUT2D eigenvalue weighted by Gasteiger charge is -2.33. The first-order valence-corrected chi connectivity index (χ1v) is 8.63. The number of guanidine groups is 1. The first kappa shape index (κ1) is 20.7. The highest BCUT2D eigenvalue weighted by atomic mass is 19.3. The molecular formula is C18H25F2N3O4. The van der Waals surface area contributed by atoms with E-state index in [-0.39, 0.29) is 23.4 Å². The minimum absolute atomic E-state index is 0.0133. The van der Waals surface area contributed by atoms with Crippen LogP contribution >= 0.6 is 0 Å². The number of hydrogen-bond donors (Lipinski definition) is 1. The maximum absolute atomic E-state index is 12.5. The molecule has 1 aliphatic heterocycles. The zero-order valence-electron chi connectivity index (χ0n) is 15.7. The molecule has 1 N–H and O–H groups in total. The molecule has 2 rings (SSSR count). The van der Waals surface area contributed by atoms with E-state index in [0.29, 0.717) is 38.4 Å². The molecule has 27 heavy (non-hydrogen) atoms. The number of ether oxygens (including phenoxy) is 3. The molecule has 150 valence electrons. The first-order chi connectivity index (χ1) is 13.0. The lowest BCUT2D eigenvalue weighted by molar-refractivity contribution is -0.146. The number of hydrogen-bond acceptors (Lipinski definition) is 5. The fraction of sp³-hybridized carbons (Fsp3) is 0.556. The van der Waals surface area contributed by atoms with Crippen molar-refractivity contribution in [3.05, 3.63) is 23.8 Å². The van der Waals surface area contributed by atoms with E-state index in [4.69, 9.17) is 9.47 Å². The van der Waals surface area contributed by atoms with Crippen LogP contribution in [-0.2, 0) is 16.1 Å². The van der Waals surface area contributed by atoms with E-state index >= 15 is 0 Å². The van der Waals surface area contributed by atoms with Crippen LogP contribution in [0.2, 0.25) is 0 Å². The van der Waals surface area contributed by atoms with Crippen molar-refractivity contribution >= 4 is 11.9 Å². The molecule has 1 fully saturated rings. The Morgan fingerprint density at radius 3 is 2.56 bits per heavy atom. The summed E-state index contributed by atoms with van der Waals surface area (Å²) in [4.78, 5) is 17.9. The van der Waals surface area contributed by atoms with Gasteiger partial charge in [-0.15, -0.1) is 0 Å². The summed E-state index contributed by atoms with van der Waals surface area (Å²) in [5, 5.41) is 3.21. The maximum atomic E-state index is 12.5. The van der Waals surface area contributed by atoms with Crippen LogP contribution in [0, 0.1) is 5.92 Å². The van der Waals surface area contributed by atoms with E-state index in [2.05, 4.69) is 19.9 Å². The van der Waals surface area contributed by atoms with E-state index in [1.165, 1.54) is 20.3 Å². The average molecular weight is 385 g/mol. The number of carbonyl (C=O) groups is 1. The Labute approximate surface area is 157 Å². The van der Waals surface area contributed by atoms with Gasteiger partial charge in [0.25, 0.3) is 0 Å². The summed E-state index contributed by atoms with van der Waals surface area (Å²) in [6, 6.07) is 4.86. The third-order valence-electron chi connectivity index (χ3n) is 4.44. The Hall–Kier alpha value is -2.58. The van der Waals surface area contributed by atoms with Crippen LogP contribution in [0.1, 0.15) is 18.4 Å². The SMILES string of the molecule is CN=C(NCc1ccc(OC)c(OC(F)F)c1)N1CCC(C(=O)OC)CC1. The van der Waals surface area contributed by atoms with Crippen LogP contribution in [0.3, 0.4) is 0 Å². The van der Waals surface area contributed by atoms with Gasteiger partial charge in [-0.05, 0) is 30.5 Å². The zero-order valence-corrected chi connectivity index (χ0v) is 15.7. The zero-order chi connectivity index (χ0) is 19.8. The second kappa shape index (κ2) is 9.94. The predicted molar refractivity (Wildman–Crippen MR) is 96.1 cm³/mol. The van der Waals surface area contributed by atoms with E-state index in [9.17, 15) is 13.6 Å². The average Bonchev–Trinajstić information content (AvgIpc) is 2.68. The maximum Gasteiger partial charge on any atom is 0.387 e. The standard InChI is InChI=1S/C18H25F2N3O4/c1-21-18(23-8-6-13(7-9-23)16(24)26-3)22-11-12-4-5-14(25-2)15(10-12)27-17(19)20/h4-5,10,13,17H,6-9,11H2,1-3H3,(H,21,22). The van der Waals surface area contributed by atoms with Crippen molar-refractivity contribution in [2.45, 2.75) is 26.0 Å². The van der Waals surface area contributed by atoms with E-state index < -0.39 is 6.61 Å². The quantitative estimate of drug-likeness (QED) is 0.460. The van der Waals surface area contributed by atoms with Crippen LogP contribution in [0.25, 0.3) is 0 Å². The first-order valence-electron chi connectivity index (χ1n) is 8.63. The fourth-order valence-corrected chi connectivity index (χ4v) is 3.03. The molecule has 1 aromatic carbocycles. The van der Waals surface area contributed by atoms with Gasteiger partial charge in [0.15, 0.2) is 17.5 Å². The van der Waals surface area contributed by atoms with Crippen molar-refractivity contribution in [1.82, 2.24) is 10.2 Å². The second-order valence-corrected chi connectivity index (χ2v) is 6.05.